The predicted octanol–water partition coefficient (Wildman–Crippen LogP) is 10.4. The van der Waals surface area contributed by atoms with Crippen molar-refractivity contribution in [3.63, 3.8) is 0 Å². The van der Waals surface area contributed by atoms with Crippen LogP contribution in [-0.2, 0) is 19.1 Å². The molecule has 2 aliphatic heterocycles. The van der Waals surface area contributed by atoms with Gasteiger partial charge < -0.3 is 15.0 Å². The molecule has 9 nitrogen and oxygen atoms in total. The van der Waals surface area contributed by atoms with Crippen molar-refractivity contribution in [1.29, 1.82) is 0 Å². The fourth-order valence-corrected chi connectivity index (χ4v) is 9.65. The van der Waals surface area contributed by atoms with E-state index in [-0.39, 0.29) is 41.3 Å². The Morgan fingerprint density at radius 3 is 1.64 bits per heavy atom. The average molecular weight is 813 g/mol. The van der Waals surface area contributed by atoms with Gasteiger partial charge in [-0.25, -0.2) is 4.79 Å². The van der Waals surface area contributed by atoms with Gasteiger partial charge in [0.15, 0.2) is 17.3 Å². The lowest BCUT2D eigenvalue weighted by Crippen LogP contribution is -2.63. The van der Waals surface area contributed by atoms with E-state index in [9.17, 15) is 19.2 Å². The lowest BCUT2D eigenvalue weighted by Gasteiger charge is -2.47. The summed E-state index contributed by atoms with van der Waals surface area (Å²) in [5.74, 6) is 0.660. The number of nitrogens with one attached hydrogen (secondary N) is 2. The van der Waals surface area contributed by atoms with Gasteiger partial charge in [-0.3, -0.25) is 24.6 Å². The molecule has 0 radical (unpaired) electrons. The number of Topliss-reactive ketones (excluding diaryl/α,β-unsaturated/α-hetero) is 3. The van der Waals surface area contributed by atoms with Crippen molar-refractivity contribution in [2.24, 2.45) is 16.2 Å². The van der Waals surface area contributed by atoms with Gasteiger partial charge in [0.1, 0.15) is 6.61 Å². The standard InChI is InChI=1S/C49H88N4O5/c1-41(2,3)37(54)47(50-44(10,11)12,28-23-19-20-25-30-49(39(56)43(7,8)9)31-27-33-53(49)46(16,17)18)29-24-21-22-26-35-58-40(57)52-34-32-48(36-52,51-45(13,14)15)38(55)42(4,5)6/h20,22,25-26,50-51H,19,21,23-24,27-36H2,1-18H3/b25-20+,26-22+/t47?,48-,49-/m0/s1. The van der Waals surface area contributed by atoms with E-state index < -0.39 is 39.0 Å². The molecule has 1 amide bonds. The Labute approximate surface area is 355 Å². The summed E-state index contributed by atoms with van der Waals surface area (Å²) >= 11 is 0. The SMILES string of the molecule is CC(C)(C)NC(CCC/C=C/COC(=O)N1CC[C@@](NC(C)(C)C)(C(=O)C(C)(C)C)C1)(CCC/C=C/C[C@@]1(C(=O)C(C)(C)C)CCCN1C(C)(C)C)C(=O)C(C)(C)C. The summed E-state index contributed by atoms with van der Waals surface area (Å²) in [7, 11) is 0. The third-order valence-electron chi connectivity index (χ3n) is 11.4. The Balaban J connectivity index is 2.11. The lowest BCUT2D eigenvalue weighted by molar-refractivity contribution is -0.140. The first-order valence-electron chi connectivity index (χ1n) is 22.3. The predicted molar refractivity (Wildman–Crippen MR) is 241 cm³/mol. The van der Waals surface area contributed by atoms with Gasteiger partial charge in [0, 0.05) is 46.0 Å². The first-order chi connectivity index (χ1) is 26.1. The van der Waals surface area contributed by atoms with Crippen LogP contribution in [0.15, 0.2) is 24.3 Å². The third kappa shape index (κ3) is 14.4. The van der Waals surface area contributed by atoms with Crippen molar-refractivity contribution in [3.05, 3.63) is 24.3 Å². The fraction of sp³-hybridized carbons (Fsp3) is 0.837. The van der Waals surface area contributed by atoms with Gasteiger partial charge in [-0.05, 0) is 133 Å². The molecule has 2 heterocycles. The van der Waals surface area contributed by atoms with E-state index in [1.807, 2.05) is 95.2 Å². The maximum absolute atomic E-state index is 14.4. The van der Waals surface area contributed by atoms with E-state index in [4.69, 9.17) is 4.74 Å². The minimum absolute atomic E-state index is 0.101. The van der Waals surface area contributed by atoms with Gasteiger partial charge >= 0.3 is 6.09 Å². The molecular formula is C49H88N4O5. The normalized spacial score (nSPS) is 22.9. The van der Waals surface area contributed by atoms with Crippen molar-refractivity contribution in [1.82, 2.24) is 20.4 Å². The molecule has 2 saturated heterocycles. The lowest BCUT2D eigenvalue weighted by atomic mass is 9.72. The third-order valence-corrected chi connectivity index (χ3v) is 11.4. The summed E-state index contributed by atoms with van der Waals surface area (Å²) in [6.45, 7) is 39.0. The van der Waals surface area contributed by atoms with Crippen LogP contribution in [0, 0.1) is 16.2 Å². The van der Waals surface area contributed by atoms with Crippen LogP contribution in [0.3, 0.4) is 0 Å². The van der Waals surface area contributed by atoms with Gasteiger partial charge in [-0.1, -0.05) is 86.6 Å². The van der Waals surface area contributed by atoms with Crippen LogP contribution < -0.4 is 10.6 Å². The molecule has 2 aliphatic rings. The van der Waals surface area contributed by atoms with Crippen molar-refractivity contribution < 1.29 is 23.9 Å². The molecule has 1 unspecified atom stereocenters. The Kier molecular flexibility index (Phi) is 17.1. The minimum Gasteiger partial charge on any atom is -0.445 e. The molecule has 0 aromatic heterocycles. The zero-order chi connectivity index (χ0) is 44.8. The summed E-state index contributed by atoms with van der Waals surface area (Å²) in [4.78, 5) is 59.2. The topological polar surface area (TPSA) is 108 Å². The molecule has 3 atom stereocenters. The molecular weight excluding hydrogens is 725 g/mol. The number of ketones is 3. The smallest absolute Gasteiger partial charge is 0.410 e. The minimum atomic E-state index is -0.807. The Bertz CT molecular complexity index is 1470. The number of nitrogens with zero attached hydrogens (tertiary/aromatic N) is 2. The van der Waals surface area contributed by atoms with E-state index in [0.717, 1.165) is 45.1 Å². The number of carbonyl (C=O) groups is 4. The summed E-state index contributed by atoms with van der Waals surface area (Å²) in [5.41, 5.74) is -4.15. The molecule has 0 spiro atoms. The van der Waals surface area contributed by atoms with Crippen LogP contribution in [0.4, 0.5) is 4.79 Å². The summed E-state index contributed by atoms with van der Waals surface area (Å²) < 4.78 is 5.65. The van der Waals surface area contributed by atoms with Crippen molar-refractivity contribution in [2.45, 2.75) is 222 Å². The zero-order valence-corrected chi connectivity index (χ0v) is 40.6. The van der Waals surface area contributed by atoms with Crippen molar-refractivity contribution in [2.75, 3.05) is 26.2 Å². The van der Waals surface area contributed by atoms with Crippen LogP contribution in [0.25, 0.3) is 0 Å². The van der Waals surface area contributed by atoms with Gasteiger partial charge in [0.25, 0.3) is 0 Å². The number of amides is 1. The van der Waals surface area contributed by atoms with Crippen LogP contribution >= 0.6 is 0 Å². The highest BCUT2D eigenvalue weighted by atomic mass is 16.6. The maximum atomic E-state index is 14.4. The van der Waals surface area contributed by atoms with Crippen LogP contribution in [0.5, 0.6) is 0 Å². The zero-order valence-electron chi connectivity index (χ0n) is 40.6. The summed E-state index contributed by atoms with van der Waals surface area (Å²) in [6, 6.07) is 0. The van der Waals surface area contributed by atoms with Gasteiger partial charge in [0.2, 0.25) is 0 Å². The molecule has 2 fully saturated rings. The average Bonchev–Trinajstić information content (AvgIpc) is 3.68. The van der Waals surface area contributed by atoms with Crippen molar-refractivity contribution in [3.8, 4) is 0 Å². The first kappa shape index (κ1) is 51.8. The molecule has 58 heavy (non-hydrogen) atoms. The quantitative estimate of drug-likeness (QED) is 0.110. The molecule has 0 aromatic rings. The molecule has 9 heteroatoms. The number of allylic oxidation sites excluding steroid dienone is 2. The number of rotatable bonds is 17. The second-order valence-electron chi connectivity index (χ2n) is 23.8. The van der Waals surface area contributed by atoms with E-state index in [1.165, 1.54) is 0 Å². The second kappa shape index (κ2) is 19.1. The summed E-state index contributed by atoms with van der Waals surface area (Å²) in [6.07, 6.45) is 15.8. The Hall–Kier alpha value is -2.36. The highest BCUT2D eigenvalue weighted by molar-refractivity contribution is 5.95. The number of likely N-dealkylation sites (tertiary alicyclic amines) is 2. The van der Waals surface area contributed by atoms with Gasteiger partial charge in [-0.2, -0.15) is 0 Å². The number of unbranched alkanes of at least 4 members (excludes halogenated alkanes) is 2. The largest absolute Gasteiger partial charge is 0.445 e. The van der Waals surface area contributed by atoms with Crippen molar-refractivity contribution >= 4 is 23.4 Å². The number of hydrogen-bond donors (Lipinski definition) is 2. The molecule has 2 N–H and O–H groups in total. The number of hydrogen-bond acceptors (Lipinski definition) is 8. The summed E-state index contributed by atoms with van der Waals surface area (Å²) in [5, 5.41) is 7.35. The number of carbonyl (C=O) groups excluding carboxylic acids is 4. The fourth-order valence-electron chi connectivity index (χ4n) is 9.65. The molecule has 334 valence electrons. The number of ether oxygens (including phenoxy) is 1. The van der Waals surface area contributed by atoms with E-state index in [2.05, 4.69) is 69.2 Å². The molecule has 0 saturated carbocycles. The van der Waals surface area contributed by atoms with Crippen LogP contribution in [-0.4, -0.2) is 92.7 Å². The molecule has 2 rings (SSSR count). The van der Waals surface area contributed by atoms with Crippen LogP contribution in [0.1, 0.15) is 189 Å². The second-order valence-corrected chi connectivity index (χ2v) is 23.8. The molecule has 0 aliphatic carbocycles. The Morgan fingerprint density at radius 2 is 1.17 bits per heavy atom. The van der Waals surface area contributed by atoms with Gasteiger partial charge in [-0.15, -0.1) is 0 Å². The van der Waals surface area contributed by atoms with E-state index in [1.54, 1.807) is 4.90 Å². The van der Waals surface area contributed by atoms with Crippen LogP contribution in [0.2, 0.25) is 0 Å². The van der Waals surface area contributed by atoms with Gasteiger partial charge in [0.05, 0.1) is 16.6 Å². The highest BCUT2D eigenvalue weighted by Crippen LogP contribution is 2.43. The van der Waals surface area contributed by atoms with E-state index >= 15 is 0 Å². The molecule has 0 bridgehead atoms. The van der Waals surface area contributed by atoms with E-state index in [0.29, 0.717) is 38.0 Å². The monoisotopic (exact) mass is 813 g/mol. The Morgan fingerprint density at radius 1 is 0.638 bits per heavy atom. The molecule has 0 aromatic carbocycles. The highest BCUT2D eigenvalue weighted by Gasteiger charge is 2.53. The maximum Gasteiger partial charge on any atom is 0.410 e. The first-order valence-corrected chi connectivity index (χ1v) is 22.3.